The second-order valence-corrected chi connectivity index (χ2v) is 5.18. The zero-order chi connectivity index (χ0) is 11.0. The summed E-state index contributed by atoms with van der Waals surface area (Å²) in [7, 11) is 0. The number of benzene rings is 1. The molecular formula is C12H14BrN3. The number of aromatic nitrogens is 2. The number of nitrogens with zero attached hydrogens (tertiary/aromatic N) is 1. The van der Waals surface area contributed by atoms with Crippen molar-refractivity contribution in [1.82, 2.24) is 15.5 Å². The first kappa shape index (κ1) is 10.3. The van der Waals surface area contributed by atoms with Gasteiger partial charge in [0.25, 0.3) is 0 Å². The fraction of sp³-hybridized carbons (Fsp3) is 0.417. The highest BCUT2D eigenvalue weighted by molar-refractivity contribution is 9.10. The number of fused-ring (bicyclic) bond motifs is 1. The summed E-state index contributed by atoms with van der Waals surface area (Å²) in [6, 6.07) is 7.14. The molecule has 1 saturated heterocycles. The second-order valence-electron chi connectivity index (χ2n) is 4.39. The smallest absolute Gasteiger partial charge is 0.108 e. The third-order valence-electron chi connectivity index (χ3n) is 3.22. The maximum atomic E-state index is 4.20. The van der Waals surface area contributed by atoms with Crippen molar-refractivity contribution in [3.05, 3.63) is 28.4 Å². The molecule has 3 nitrogen and oxygen atoms in total. The molecule has 2 heterocycles. The molecule has 1 unspecified atom stereocenters. The molecule has 16 heavy (non-hydrogen) atoms. The molecule has 0 bridgehead atoms. The SMILES string of the molecule is Brc1[nH]nc2ccc(CC3CCCN3)cc12. The van der Waals surface area contributed by atoms with E-state index < -0.39 is 0 Å². The Bertz CT molecular complexity index is 500. The normalized spacial score (nSPS) is 20.7. The first-order chi connectivity index (χ1) is 7.83. The van der Waals surface area contributed by atoms with Crippen LogP contribution in [0, 0.1) is 0 Å². The zero-order valence-electron chi connectivity index (χ0n) is 8.96. The van der Waals surface area contributed by atoms with Gasteiger partial charge < -0.3 is 5.32 Å². The van der Waals surface area contributed by atoms with Crippen LogP contribution in [0.15, 0.2) is 22.8 Å². The van der Waals surface area contributed by atoms with Gasteiger partial charge in [-0.3, -0.25) is 5.10 Å². The number of hydrogen-bond acceptors (Lipinski definition) is 2. The van der Waals surface area contributed by atoms with Crippen molar-refractivity contribution in [3.63, 3.8) is 0 Å². The van der Waals surface area contributed by atoms with E-state index >= 15 is 0 Å². The summed E-state index contributed by atoms with van der Waals surface area (Å²) in [6.45, 7) is 1.17. The summed E-state index contributed by atoms with van der Waals surface area (Å²) in [5.74, 6) is 0. The predicted octanol–water partition coefficient (Wildman–Crippen LogP) is 2.62. The van der Waals surface area contributed by atoms with Crippen LogP contribution in [0.25, 0.3) is 10.9 Å². The molecule has 0 radical (unpaired) electrons. The van der Waals surface area contributed by atoms with Crippen LogP contribution in [0.1, 0.15) is 18.4 Å². The Hall–Kier alpha value is -0.870. The predicted molar refractivity (Wildman–Crippen MR) is 68.5 cm³/mol. The summed E-state index contributed by atoms with van der Waals surface area (Å²) in [5, 5.41) is 11.9. The number of halogens is 1. The van der Waals surface area contributed by atoms with E-state index in [2.05, 4.69) is 49.6 Å². The van der Waals surface area contributed by atoms with Gasteiger partial charge in [-0.1, -0.05) is 6.07 Å². The van der Waals surface area contributed by atoms with Gasteiger partial charge in [0.05, 0.1) is 5.52 Å². The van der Waals surface area contributed by atoms with Gasteiger partial charge in [-0.15, -0.1) is 0 Å². The Morgan fingerprint density at radius 1 is 1.44 bits per heavy atom. The summed E-state index contributed by atoms with van der Waals surface area (Å²) < 4.78 is 0.976. The molecule has 2 N–H and O–H groups in total. The van der Waals surface area contributed by atoms with Crippen LogP contribution in [0.5, 0.6) is 0 Å². The molecule has 84 valence electrons. The van der Waals surface area contributed by atoms with Crippen LogP contribution in [0.2, 0.25) is 0 Å². The maximum Gasteiger partial charge on any atom is 0.108 e. The number of H-pyrrole nitrogens is 1. The quantitative estimate of drug-likeness (QED) is 0.887. The fourth-order valence-electron chi connectivity index (χ4n) is 2.37. The van der Waals surface area contributed by atoms with Crippen LogP contribution in [-0.4, -0.2) is 22.8 Å². The third-order valence-corrected chi connectivity index (χ3v) is 3.82. The topological polar surface area (TPSA) is 40.7 Å². The van der Waals surface area contributed by atoms with Crippen LogP contribution < -0.4 is 5.32 Å². The summed E-state index contributed by atoms with van der Waals surface area (Å²) >= 11 is 3.48. The summed E-state index contributed by atoms with van der Waals surface area (Å²) in [6.07, 6.45) is 3.72. The molecule has 2 aromatic rings. The van der Waals surface area contributed by atoms with E-state index in [0.29, 0.717) is 6.04 Å². The lowest BCUT2D eigenvalue weighted by Gasteiger charge is -2.09. The van der Waals surface area contributed by atoms with Crippen LogP contribution in [0.3, 0.4) is 0 Å². The first-order valence-electron chi connectivity index (χ1n) is 5.69. The fourth-order valence-corrected chi connectivity index (χ4v) is 2.77. The molecular weight excluding hydrogens is 266 g/mol. The van der Waals surface area contributed by atoms with Crippen molar-refractivity contribution >= 4 is 26.8 Å². The minimum Gasteiger partial charge on any atom is -0.314 e. The van der Waals surface area contributed by atoms with Gasteiger partial charge in [0.15, 0.2) is 0 Å². The molecule has 1 aromatic heterocycles. The second kappa shape index (κ2) is 4.18. The third kappa shape index (κ3) is 1.87. The van der Waals surface area contributed by atoms with Crippen LogP contribution >= 0.6 is 15.9 Å². The highest BCUT2D eigenvalue weighted by Crippen LogP contribution is 2.23. The van der Waals surface area contributed by atoms with E-state index in [9.17, 15) is 0 Å². The van der Waals surface area contributed by atoms with Crippen molar-refractivity contribution in [2.45, 2.75) is 25.3 Å². The van der Waals surface area contributed by atoms with Crippen molar-refractivity contribution in [2.75, 3.05) is 6.54 Å². The molecule has 0 aliphatic carbocycles. The summed E-state index contributed by atoms with van der Waals surface area (Å²) in [4.78, 5) is 0. The first-order valence-corrected chi connectivity index (χ1v) is 6.48. The number of rotatable bonds is 2. The van der Waals surface area contributed by atoms with Crippen molar-refractivity contribution < 1.29 is 0 Å². The van der Waals surface area contributed by atoms with Gasteiger partial charge in [0, 0.05) is 11.4 Å². The van der Waals surface area contributed by atoms with Crippen LogP contribution in [0.4, 0.5) is 0 Å². The lowest BCUT2D eigenvalue weighted by molar-refractivity contribution is 0.603. The molecule has 4 heteroatoms. The Morgan fingerprint density at radius 3 is 3.19 bits per heavy atom. The lowest BCUT2D eigenvalue weighted by Crippen LogP contribution is -2.23. The van der Waals surface area contributed by atoms with Gasteiger partial charge >= 0.3 is 0 Å². The van der Waals surface area contributed by atoms with Gasteiger partial charge in [-0.25, -0.2) is 0 Å². The van der Waals surface area contributed by atoms with Crippen molar-refractivity contribution in [3.8, 4) is 0 Å². The average molecular weight is 280 g/mol. The van der Waals surface area contributed by atoms with E-state index in [1.807, 2.05) is 0 Å². The number of aromatic amines is 1. The molecule has 1 fully saturated rings. The minimum atomic E-state index is 0.656. The number of nitrogens with one attached hydrogen (secondary N) is 2. The van der Waals surface area contributed by atoms with Crippen molar-refractivity contribution in [1.29, 1.82) is 0 Å². The molecule has 1 aliphatic heterocycles. The van der Waals surface area contributed by atoms with E-state index in [-0.39, 0.29) is 0 Å². The average Bonchev–Trinajstić information content (AvgIpc) is 2.90. The Balaban J connectivity index is 1.88. The largest absolute Gasteiger partial charge is 0.314 e. The van der Waals surface area contributed by atoms with Crippen LogP contribution in [-0.2, 0) is 6.42 Å². The van der Waals surface area contributed by atoms with Gasteiger partial charge in [-0.05, 0) is 59.4 Å². The number of hydrogen-bond donors (Lipinski definition) is 2. The molecule has 1 aromatic carbocycles. The molecule has 1 atom stereocenters. The summed E-state index contributed by atoms with van der Waals surface area (Å²) in [5.41, 5.74) is 2.41. The van der Waals surface area contributed by atoms with Crippen molar-refractivity contribution in [2.24, 2.45) is 0 Å². The highest BCUT2D eigenvalue weighted by atomic mass is 79.9. The monoisotopic (exact) mass is 279 g/mol. The Kier molecular flexibility index (Phi) is 2.69. The maximum absolute atomic E-state index is 4.20. The van der Waals surface area contributed by atoms with E-state index in [1.54, 1.807) is 0 Å². The molecule has 0 saturated carbocycles. The highest BCUT2D eigenvalue weighted by Gasteiger charge is 2.14. The standard InChI is InChI=1S/C12H14BrN3/c13-12-10-7-8(3-4-11(10)15-16-12)6-9-2-1-5-14-9/h3-4,7,9,14H,1-2,5-6H2,(H,15,16). The van der Waals surface area contributed by atoms with E-state index in [1.165, 1.54) is 30.3 Å². The van der Waals surface area contributed by atoms with Gasteiger partial charge in [0.1, 0.15) is 4.60 Å². The Morgan fingerprint density at radius 2 is 2.38 bits per heavy atom. The lowest BCUT2D eigenvalue weighted by atomic mass is 10.0. The van der Waals surface area contributed by atoms with Gasteiger partial charge in [-0.2, -0.15) is 5.10 Å². The van der Waals surface area contributed by atoms with E-state index in [0.717, 1.165) is 16.5 Å². The molecule has 0 amide bonds. The molecule has 0 spiro atoms. The van der Waals surface area contributed by atoms with E-state index in [4.69, 9.17) is 0 Å². The molecule has 1 aliphatic rings. The minimum absolute atomic E-state index is 0.656. The van der Waals surface area contributed by atoms with Gasteiger partial charge in [0.2, 0.25) is 0 Å². The zero-order valence-corrected chi connectivity index (χ0v) is 10.5. The Labute approximate surface area is 103 Å². The molecule has 3 rings (SSSR count).